The van der Waals surface area contributed by atoms with Gasteiger partial charge in [0.1, 0.15) is 6.04 Å². The number of hydrogen-bond acceptors (Lipinski definition) is 3. The van der Waals surface area contributed by atoms with Crippen molar-refractivity contribution in [2.24, 2.45) is 0 Å². The minimum atomic E-state index is -0.684. The fraction of sp³-hybridized carbons (Fsp3) is 0.154. The molecular formula is C26H25N2O2PS. The van der Waals surface area contributed by atoms with Gasteiger partial charge >= 0.3 is 0 Å². The Morgan fingerprint density at radius 2 is 1.50 bits per heavy atom. The van der Waals surface area contributed by atoms with Crippen molar-refractivity contribution in [1.82, 2.24) is 10.3 Å². The first kappa shape index (κ1) is 22.3. The van der Waals surface area contributed by atoms with Crippen LogP contribution in [0.25, 0.3) is 10.9 Å². The molecule has 3 aromatic carbocycles. The lowest BCUT2D eigenvalue weighted by molar-refractivity contribution is -0.123. The maximum absolute atomic E-state index is 13.3. The molecule has 0 fully saturated rings. The lowest BCUT2D eigenvalue weighted by atomic mass is 10.1. The average Bonchev–Trinajstić information content (AvgIpc) is 3.23. The number of thioether (sulfide) groups is 1. The third kappa shape index (κ3) is 5.48. The van der Waals surface area contributed by atoms with Crippen LogP contribution in [-0.2, 0) is 16.0 Å². The lowest BCUT2D eigenvalue weighted by Crippen LogP contribution is -2.40. The Balaban J connectivity index is 1.52. The third-order valence-corrected chi connectivity index (χ3v) is 9.19. The molecule has 0 saturated heterocycles. The van der Waals surface area contributed by atoms with Gasteiger partial charge in [0.05, 0.1) is 0 Å². The van der Waals surface area contributed by atoms with Gasteiger partial charge in [0, 0.05) is 35.9 Å². The summed E-state index contributed by atoms with van der Waals surface area (Å²) in [6, 6.07) is 28.1. The van der Waals surface area contributed by atoms with E-state index in [2.05, 4.69) is 34.6 Å². The van der Waals surface area contributed by atoms with E-state index in [1.807, 2.05) is 66.9 Å². The van der Waals surface area contributed by atoms with Gasteiger partial charge in [-0.2, -0.15) is 0 Å². The number of benzene rings is 3. The Bertz CT molecular complexity index is 1150. The van der Waals surface area contributed by atoms with E-state index in [1.165, 1.54) is 29.3 Å². The van der Waals surface area contributed by atoms with E-state index < -0.39 is 14.0 Å². The topological polar surface area (TPSA) is 62.0 Å². The van der Waals surface area contributed by atoms with Gasteiger partial charge in [0.15, 0.2) is 0 Å². The number of fused-ring (bicyclic) bond motifs is 1. The van der Waals surface area contributed by atoms with E-state index in [0.29, 0.717) is 11.9 Å². The molecule has 0 spiro atoms. The number of nitrogens with one attached hydrogen (secondary N) is 2. The normalized spacial score (nSPS) is 12.1. The molecule has 0 aliphatic rings. The van der Waals surface area contributed by atoms with Gasteiger partial charge in [-0.3, -0.25) is 9.59 Å². The first-order valence-electron chi connectivity index (χ1n) is 10.5. The van der Waals surface area contributed by atoms with Gasteiger partial charge in [0.2, 0.25) is 11.0 Å². The van der Waals surface area contributed by atoms with Gasteiger partial charge in [-0.1, -0.05) is 90.6 Å². The molecule has 2 N–H and O–H groups in total. The Morgan fingerprint density at radius 3 is 2.12 bits per heavy atom. The molecule has 0 aliphatic heterocycles. The van der Waals surface area contributed by atoms with Gasteiger partial charge in [-0.05, 0) is 30.2 Å². The smallest absolute Gasteiger partial charge is 0.217 e. The number of aromatic nitrogens is 1. The highest BCUT2D eigenvalue weighted by Crippen LogP contribution is 2.38. The van der Waals surface area contributed by atoms with E-state index in [0.717, 1.165) is 16.5 Å². The highest BCUT2D eigenvalue weighted by atomic mass is 32.2. The zero-order chi connectivity index (χ0) is 22.3. The maximum Gasteiger partial charge on any atom is 0.217 e. The average molecular weight is 461 g/mol. The molecule has 0 aliphatic carbocycles. The minimum Gasteiger partial charge on any atom is -0.361 e. The molecule has 162 valence electrons. The molecule has 6 heteroatoms. The summed E-state index contributed by atoms with van der Waals surface area (Å²) in [7, 11) is -0.684. The second-order valence-corrected chi connectivity index (χ2v) is 11.1. The summed E-state index contributed by atoms with van der Waals surface area (Å²) in [4.78, 5) is 28.4. The van der Waals surface area contributed by atoms with Crippen LogP contribution in [0.3, 0.4) is 0 Å². The molecule has 1 heterocycles. The van der Waals surface area contributed by atoms with Gasteiger partial charge < -0.3 is 10.3 Å². The van der Waals surface area contributed by atoms with E-state index in [-0.39, 0.29) is 11.0 Å². The first-order valence-corrected chi connectivity index (χ1v) is 13.0. The van der Waals surface area contributed by atoms with Crippen molar-refractivity contribution in [3.63, 3.8) is 0 Å². The molecule has 32 heavy (non-hydrogen) atoms. The number of carbonyl (C=O) groups excluding carboxylic acids is 2. The van der Waals surface area contributed by atoms with Crippen LogP contribution >= 0.6 is 19.7 Å². The van der Waals surface area contributed by atoms with Crippen LogP contribution in [0.15, 0.2) is 91.1 Å². The van der Waals surface area contributed by atoms with E-state index in [1.54, 1.807) is 0 Å². The minimum absolute atomic E-state index is 0.00940. The highest BCUT2D eigenvalue weighted by Gasteiger charge is 2.24. The Kier molecular flexibility index (Phi) is 7.41. The van der Waals surface area contributed by atoms with E-state index >= 15 is 0 Å². The predicted octanol–water partition coefficient (Wildman–Crippen LogP) is 4.57. The van der Waals surface area contributed by atoms with Crippen LogP contribution in [0.5, 0.6) is 0 Å². The maximum atomic E-state index is 13.3. The van der Waals surface area contributed by atoms with E-state index in [9.17, 15) is 9.59 Å². The van der Waals surface area contributed by atoms with Crippen molar-refractivity contribution in [1.29, 1.82) is 0 Å². The largest absolute Gasteiger partial charge is 0.361 e. The molecule has 0 bridgehead atoms. The Hall–Kier alpha value is -2.88. The van der Waals surface area contributed by atoms with Crippen molar-refractivity contribution in [3.05, 3.63) is 96.7 Å². The fourth-order valence-corrected chi connectivity index (χ4v) is 7.63. The molecule has 4 rings (SSSR count). The number of amides is 1. The molecule has 1 atom stereocenters. The van der Waals surface area contributed by atoms with Crippen molar-refractivity contribution in [2.45, 2.75) is 19.4 Å². The number of H-pyrrole nitrogens is 1. The summed E-state index contributed by atoms with van der Waals surface area (Å²) in [5, 5.41) is 6.42. The van der Waals surface area contributed by atoms with Crippen molar-refractivity contribution in [3.8, 4) is 0 Å². The zero-order valence-electron chi connectivity index (χ0n) is 17.8. The molecule has 4 aromatic rings. The number of aromatic amines is 1. The Labute approximate surface area is 193 Å². The first-order chi connectivity index (χ1) is 15.6. The quantitative estimate of drug-likeness (QED) is 0.379. The standard InChI is InChI=1S/C26H25N2O2PS/c1-19(29)28-25(16-20-17-27-24-15-9-8-14-23(20)24)26(30)32-18-31(21-10-4-2-5-11-21)22-12-6-3-7-13-22/h2-15,17,25,27H,16,18H2,1H3,(H,28,29)/t25-/m0/s1. The number of para-hydroxylation sites is 1. The van der Waals surface area contributed by atoms with Crippen LogP contribution in [0, 0.1) is 0 Å². The van der Waals surface area contributed by atoms with E-state index in [4.69, 9.17) is 0 Å². The summed E-state index contributed by atoms with van der Waals surface area (Å²) in [5.41, 5.74) is 2.73. The highest BCUT2D eigenvalue weighted by molar-refractivity contribution is 8.18. The van der Waals surface area contributed by atoms with Crippen LogP contribution in [0.2, 0.25) is 0 Å². The monoisotopic (exact) mass is 460 g/mol. The third-order valence-electron chi connectivity index (χ3n) is 5.23. The summed E-state index contributed by atoms with van der Waals surface area (Å²) < 4.78 is 0. The predicted molar refractivity (Wildman–Crippen MR) is 136 cm³/mol. The van der Waals surface area contributed by atoms with Crippen molar-refractivity contribution in [2.75, 3.05) is 5.49 Å². The molecule has 0 saturated carbocycles. The number of rotatable bonds is 8. The Morgan fingerprint density at radius 1 is 0.906 bits per heavy atom. The fourth-order valence-electron chi connectivity index (χ4n) is 3.70. The summed E-state index contributed by atoms with van der Waals surface area (Å²) >= 11 is 1.32. The number of carbonyl (C=O) groups is 2. The second-order valence-electron chi connectivity index (χ2n) is 7.51. The van der Waals surface area contributed by atoms with Gasteiger partial charge in [-0.25, -0.2) is 0 Å². The van der Waals surface area contributed by atoms with Crippen LogP contribution in [-0.4, -0.2) is 27.5 Å². The summed E-state index contributed by atoms with van der Waals surface area (Å²) in [6.45, 7) is 1.46. The van der Waals surface area contributed by atoms with Crippen LogP contribution in [0.4, 0.5) is 0 Å². The SMILES string of the molecule is CC(=O)N[C@@H](Cc1c[nH]c2ccccc12)C(=O)SCP(c1ccccc1)c1ccccc1. The molecular weight excluding hydrogens is 435 g/mol. The summed E-state index contributed by atoms with van der Waals surface area (Å²) in [5.74, 6) is -0.197. The summed E-state index contributed by atoms with van der Waals surface area (Å²) in [6.07, 6.45) is 2.39. The molecule has 1 amide bonds. The van der Waals surface area contributed by atoms with Gasteiger partial charge in [-0.15, -0.1) is 0 Å². The molecule has 0 unspecified atom stereocenters. The molecule has 4 nitrogen and oxygen atoms in total. The van der Waals surface area contributed by atoms with Crippen LogP contribution < -0.4 is 15.9 Å². The van der Waals surface area contributed by atoms with Crippen molar-refractivity contribution < 1.29 is 9.59 Å². The molecule has 1 aromatic heterocycles. The number of hydrogen-bond donors (Lipinski definition) is 2. The van der Waals surface area contributed by atoms with Gasteiger partial charge in [0.25, 0.3) is 0 Å². The van der Waals surface area contributed by atoms with Crippen molar-refractivity contribution >= 4 is 52.2 Å². The lowest BCUT2D eigenvalue weighted by Gasteiger charge is -2.20. The second kappa shape index (κ2) is 10.6. The van der Waals surface area contributed by atoms with Crippen LogP contribution in [0.1, 0.15) is 12.5 Å². The molecule has 0 radical (unpaired) electrons. The zero-order valence-corrected chi connectivity index (χ0v) is 19.5.